The number of halogens is 1. The number of aromatic amines is 1. The Bertz CT molecular complexity index is 742. The van der Waals surface area contributed by atoms with E-state index >= 15 is 0 Å². The molecule has 0 spiro atoms. The maximum Gasteiger partial charge on any atom is 0.284 e. The van der Waals surface area contributed by atoms with Crippen LogP contribution in [0.15, 0.2) is 77.3 Å². The lowest BCUT2D eigenvalue weighted by atomic mass is 9.89. The lowest BCUT2D eigenvalue weighted by Gasteiger charge is -2.16. The molecule has 0 radical (unpaired) electrons. The maximum absolute atomic E-state index is 6.03. The van der Waals surface area contributed by atoms with E-state index in [0.717, 1.165) is 16.6 Å². The van der Waals surface area contributed by atoms with Crippen molar-refractivity contribution < 1.29 is 4.98 Å². The van der Waals surface area contributed by atoms with Gasteiger partial charge in [-0.1, -0.05) is 60.7 Å². The summed E-state index contributed by atoms with van der Waals surface area (Å²) in [5.41, 5.74) is 9.74. The van der Waals surface area contributed by atoms with Crippen molar-refractivity contribution in [3.8, 4) is 0 Å². The molecule has 2 nitrogen and oxygen atoms in total. The van der Waals surface area contributed by atoms with Gasteiger partial charge in [-0.05, 0) is 45.6 Å². The second kappa shape index (κ2) is 6.75. The molecule has 0 aliphatic carbocycles. The van der Waals surface area contributed by atoms with Crippen molar-refractivity contribution in [3.05, 3.63) is 94.1 Å². The number of hydrogen-bond donors (Lipinski definition) is 1. The molecule has 0 aliphatic heterocycles. The number of nitrogen functional groups attached to an aromatic ring is 1. The quantitative estimate of drug-likeness (QED) is 0.749. The number of nitrogens with two attached hydrogens (primary N) is 1. The summed E-state index contributed by atoms with van der Waals surface area (Å²) in [6, 6.07) is 25.2. The van der Waals surface area contributed by atoms with Gasteiger partial charge in [-0.2, -0.15) is 0 Å². The highest BCUT2D eigenvalue weighted by atomic mass is 79.9. The minimum Gasteiger partial charge on any atom is -0.286 e. The Hall–Kier alpha value is -2.13. The molecule has 3 rings (SSSR count). The third-order valence-corrected chi connectivity index (χ3v) is 4.50. The predicted molar refractivity (Wildman–Crippen MR) is 93.5 cm³/mol. The smallest absolute Gasteiger partial charge is 0.284 e. The van der Waals surface area contributed by atoms with Crippen molar-refractivity contribution in [1.29, 1.82) is 0 Å². The van der Waals surface area contributed by atoms with E-state index in [2.05, 4.69) is 75.5 Å². The van der Waals surface area contributed by atoms with Gasteiger partial charge in [0.1, 0.15) is 10.2 Å². The van der Waals surface area contributed by atoms with Gasteiger partial charge in [0.25, 0.3) is 5.82 Å². The first-order valence-electron chi connectivity index (χ1n) is 7.30. The Morgan fingerprint density at radius 2 is 1.50 bits per heavy atom. The molecule has 0 amide bonds. The van der Waals surface area contributed by atoms with E-state index in [1.54, 1.807) is 0 Å². The molecule has 0 fully saturated rings. The van der Waals surface area contributed by atoms with E-state index in [9.17, 15) is 0 Å². The zero-order valence-corrected chi connectivity index (χ0v) is 13.8. The SMILES string of the molecule is Nc1[nH+]c(C(Cc2ccccc2)c2ccccc2)ccc1Br. The van der Waals surface area contributed by atoms with Crippen LogP contribution in [-0.2, 0) is 6.42 Å². The Labute approximate surface area is 139 Å². The van der Waals surface area contributed by atoms with Crippen LogP contribution in [0.3, 0.4) is 0 Å². The van der Waals surface area contributed by atoms with Gasteiger partial charge in [0.05, 0.1) is 0 Å². The molecule has 1 aromatic heterocycles. The van der Waals surface area contributed by atoms with Crippen molar-refractivity contribution in [1.82, 2.24) is 0 Å². The van der Waals surface area contributed by atoms with E-state index in [0.29, 0.717) is 5.82 Å². The summed E-state index contributed by atoms with van der Waals surface area (Å²) in [7, 11) is 0. The van der Waals surface area contributed by atoms with Crippen LogP contribution in [0, 0.1) is 0 Å². The van der Waals surface area contributed by atoms with Crippen LogP contribution >= 0.6 is 15.9 Å². The Morgan fingerprint density at radius 3 is 2.14 bits per heavy atom. The molecule has 1 atom stereocenters. The highest BCUT2D eigenvalue weighted by Crippen LogP contribution is 2.27. The van der Waals surface area contributed by atoms with Gasteiger partial charge in [0.2, 0.25) is 0 Å². The summed E-state index contributed by atoms with van der Waals surface area (Å²) in [6.45, 7) is 0. The number of aromatic nitrogens is 1. The largest absolute Gasteiger partial charge is 0.286 e. The molecule has 0 saturated heterocycles. The molecule has 0 aliphatic rings. The minimum atomic E-state index is 0.249. The second-order valence-corrected chi connectivity index (χ2v) is 6.18. The normalized spacial score (nSPS) is 12.0. The average Bonchev–Trinajstić information content (AvgIpc) is 2.57. The topological polar surface area (TPSA) is 40.2 Å². The third kappa shape index (κ3) is 3.37. The lowest BCUT2D eigenvalue weighted by Crippen LogP contribution is -2.21. The van der Waals surface area contributed by atoms with Crippen LogP contribution in [0.25, 0.3) is 0 Å². The van der Waals surface area contributed by atoms with Gasteiger partial charge >= 0.3 is 0 Å². The molecular formula is C19H18BrN2+. The molecule has 3 heteroatoms. The molecule has 2 aromatic carbocycles. The van der Waals surface area contributed by atoms with Crippen LogP contribution in [0.1, 0.15) is 22.7 Å². The monoisotopic (exact) mass is 353 g/mol. The van der Waals surface area contributed by atoms with Gasteiger partial charge < -0.3 is 0 Å². The first kappa shape index (κ1) is 14.8. The zero-order valence-electron chi connectivity index (χ0n) is 12.2. The number of H-pyrrole nitrogens is 1. The summed E-state index contributed by atoms with van der Waals surface area (Å²) in [5, 5.41) is 0. The van der Waals surface area contributed by atoms with E-state index in [1.807, 2.05) is 18.2 Å². The number of nitrogens with one attached hydrogen (secondary N) is 1. The van der Waals surface area contributed by atoms with Crippen molar-refractivity contribution in [3.63, 3.8) is 0 Å². The second-order valence-electron chi connectivity index (χ2n) is 5.33. The molecule has 1 heterocycles. The van der Waals surface area contributed by atoms with Crippen LogP contribution in [0.2, 0.25) is 0 Å². The van der Waals surface area contributed by atoms with Crippen LogP contribution in [0.5, 0.6) is 0 Å². The highest BCUT2D eigenvalue weighted by molar-refractivity contribution is 9.10. The molecule has 0 saturated carbocycles. The van der Waals surface area contributed by atoms with Crippen LogP contribution in [0.4, 0.5) is 5.82 Å². The Balaban J connectivity index is 2.01. The summed E-state index contributed by atoms with van der Waals surface area (Å²) < 4.78 is 0.891. The van der Waals surface area contributed by atoms with Gasteiger partial charge in [0, 0.05) is 5.92 Å². The van der Waals surface area contributed by atoms with Gasteiger partial charge in [-0.3, -0.25) is 5.73 Å². The lowest BCUT2D eigenvalue weighted by molar-refractivity contribution is -0.375. The first-order valence-corrected chi connectivity index (χ1v) is 8.09. The van der Waals surface area contributed by atoms with E-state index in [1.165, 1.54) is 11.1 Å². The van der Waals surface area contributed by atoms with E-state index in [-0.39, 0.29) is 5.92 Å². The average molecular weight is 354 g/mol. The molecule has 22 heavy (non-hydrogen) atoms. The fraction of sp³-hybridized carbons (Fsp3) is 0.105. The van der Waals surface area contributed by atoms with Gasteiger partial charge in [0.15, 0.2) is 0 Å². The number of anilines is 1. The fourth-order valence-electron chi connectivity index (χ4n) is 2.66. The zero-order chi connectivity index (χ0) is 15.4. The Kier molecular flexibility index (Phi) is 4.54. The summed E-state index contributed by atoms with van der Waals surface area (Å²) in [5.74, 6) is 0.908. The van der Waals surface area contributed by atoms with Gasteiger partial charge in [-0.25, -0.2) is 4.98 Å². The highest BCUT2D eigenvalue weighted by Gasteiger charge is 2.19. The fourth-order valence-corrected chi connectivity index (χ4v) is 2.89. The number of hydrogen-bond acceptors (Lipinski definition) is 1. The Morgan fingerprint density at radius 1 is 0.864 bits per heavy atom. The minimum absolute atomic E-state index is 0.249. The van der Waals surface area contributed by atoms with Crippen molar-refractivity contribution in [2.45, 2.75) is 12.3 Å². The molecule has 0 bridgehead atoms. The molecule has 3 N–H and O–H groups in total. The molecule has 1 unspecified atom stereocenters. The van der Waals surface area contributed by atoms with Gasteiger partial charge in [-0.15, -0.1) is 0 Å². The number of benzene rings is 2. The summed E-state index contributed by atoms with van der Waals surface area (Å²) in [4.78, 5) is 3.33. The third-order valence-electron chi connectivity index (χ3n) is 3.81. The van der Waals surface area contributed by atoms with Crippen LogP contribution in [-0.4, -0.2) is 0 Å². The van der Waals surface area contributed by atoms with Crippen molar-refractivity contribution in [2.24, 2.45) is 0 Å². The summed E-state index contributed by atoms with van der Waals surface area (Å²) in [6.07, 6.45) is 0.933. The summed E-state index contributed by atoms with van der Waals surface area (Å²) >= 11 is 3.45. The molecule has 3 aromatic rings. The van der Waals surface area contributed by atoms with Crippen LogP contribution < -0.4 is 10.7 Å². The first-order chi connectivity index (χ1) is 10.7. The number of rotatable bonds is 4. The van der Waals surface area contributed by atoms with Crippen molar-refractivity contribution in [2.75, 3.05) is 5.73 Å². The predicted octanol–water partition coefficient (Wildman–Crippen LogP) is 4.22. The maximum atomic E-state index is 6.03. The molecule has 110 valence electrons. The number of pyridine rings is 1. The molecular weight excluding hydrogens is 336 g/mol. The standard InChI is InChI=1S/C19H17BrN2/c20-17-11-12-18(22-19(17)21)16(15-9-5-2-6-10-15)13-14-7-3-1-4-8-14/h1-12,16H,13H2,(H2,21,22)/p+1. The van der Waals surface area contributed by atoms with E-state index in [4.69, 9.17) is 5.73 Å². The van der Waals surface area contributed by atoms with E-state index < -0.39 is 0 Å². The van der Waals surface area contributed by atoms with Crippen molar-refractivity contribution >= 4 is 21.7 Å².